The van der Waals surface area contributed by atoms with E-state index in [0.29, 0.717) is 6.04 Å². The minimum absolute atomic E-state index is 0.193. The van der Waals surface area contributed by atoms with Gasteiger partial charge in [0.1, 0.15) is 0 Å². The summed E-state index contributed by atoms with van der Waals surface area (Å²) in [6, 6.07) is 0.533. The predicted molar refractivity (Wildman–Crippen MR) is 69.3 cm³/mol. The molecule has 1 atom stereocenters. The second-order valence-electron chi connectivity index (χ2n) is 4.92. The van der Waals surface area contributed by atoms with Crippen molar-refractivity contribution >= 4 is 0 Å². The molecule has 0 aromatic heterocycles. The zero-order valence-electron chi connectivity index (χ0n) is 11.1. The topological polar surface area (TPSA) is 15.3 Å². The zero-order chi connectivity index (χ0) is 11.9. The first-order chi connectivity index (χ1) is 6.96. The highest BCUT2D eigenvalue weighted by atomic mass is 15.2. The average Bonchev–Trinajstić information content (AvgIpc) is 2.17. The normalized spacial score (nSPS) is 14.3. The third-order valence-electron chi connectivity index (χ3n) is 3.31. The molecule has 1 N–H and O–H groups in total. The second kappa shape index (κ2) is 7.02. The smallest absolute Gasteiger partial charge is 0.0300 e. The van der Waals surface area contributed by atoms with Gasteiger partial charge in [-0.2, -0.15) is 0 Å². The molecule has 0 aromatic carbocycles. The monoisotopic (exact) mass is 212 g/mol. The van der Waals surface area contributed by atoms with Gasteiger partial charge in [0, 0.05) is 11.6 Å². The number of hydrogen-bond donors (Lipinski definition) is 1. The van der Waals surface area contributed by atoms with Gasteiger partial charge in [-0.25, -0.2) is 0 Å². The minimum Gasteiger partial charge on any atom is -0.312 e. The van der Waals surface area contributed by atoms with E-state index < -0.39 is 0 Å². The van der Waals surface area contributed by atoms with Gasteiger partial charge in [0.25, 0.3) is 0 Å². The Morgan fingerprint density at radius 2 is 2.00 bits per heavy atom. The van der Waals surface area contributed by atoms with Crippen molar-refractivity contribution in [2.75, 3.05) is 20.6 Å². The van der Waals surface area contributed by atoms with Crippen LogP contribution in [0.2, 0.25) is 0 Å². The molecule has 0 aliphatic carbocycles. The quantitative estimate of drug-likeness (QED) is 0.622. The first-order valence-electron chi connectivity index (χ1n) is 5.98. The van der Waals surface area contributed by atoms with Gasteiger partial charge < -0.3 is 10.2 Å². The van der Waals surface area contributed by atoms with Gasteiger partial charge in [-0.1, -0.05) is 13.0 Å². The molecule has 0 spiro atoms. The van der Waals surface area contributed by atoms with E-state index in [-0.39, 0.29) is 5.54 Å². The van der Waals surface area contributed by atoms with E-state index in [1.54, 1.807) is 0 Å². The SMILES string of the molecule is C=CCCC(NCCC)C(C)(C)N(C)C. The summed E-state index contributed by atoms with van der Waals surface area (Å²) in [7, 11) is 4.29. The molecule has 0 saturated heterocycles. The Hall–Kier alpha value is -0.340. The van der Waals surface area contributed by atoms with Crippen LogP contribution in [0.25, 0.3) is 0 Å². The number of likely N-dealkylation sites (N-methyl/N-ethyl adjacent to an activating group) is 1. The van der Waals surface area contributed by atoms with Crippen molar-refractivity contribution in [1.82, 2.24) is 10.2 Å². The highest BCUT2D eigenvalue weighted by Gasteiger charge is 2.30. The van der Waals surface area contributed by atoms with E-state index in [2.05, 4.69) is 51.7 Å². The molecule has 0 aliphatic heterocycles. The molecular weight excluding hydrogens is 184 g/mol. The van der Waals surface area contributed by atoms with Crippen molar-refractivity contribution in [2.45, 2.75) is 51.6 Å². The lowest BCUT2D eigenvalue weighted by Gasteiger charge is -2.40. The third-order valence-corrected chi connectivity index (χ3v) is 3.31. The van der Waals surface area contributed by atoms with Crippen LogP contribution >= 0.6 is 0 Å². The summed E-state index contributed by atoms with van der Waals surface area (Å²) in [5.74, 6) is 0. The fourth-order valence-electron chi connectivity index (χ4n) is 1.62. The lowest BCUT2D eigenvalue weighted by atomic mass is 9.89. The van der Waals surface area contributed by atoms with Gasteiger partial charge in [0.15, 0.2) is 0 Å². The number of rotatable bonds is 8. The highest BCUT2D eigenvalue weighted by Crippen LogP contribution is 2.19. The van der Waals surface area contributed by atoms with Crippen molar-refractivity contribution in [2.24, 2.45) is 0 Å². The highest BCUT2D eigenvalue weighted by molar-refractivity contribution is 4.92. The first-order valence-corrected chi connectivity index (χ1v) is 5.98. The zero-order valence-corrected chi connectivity index (χ0v) is 11.1. The lowest BCUT2D eigenvalue weighted by molar-refractivity contribution is 0.132. The minimum atomic E-state index is 0.193. The van der Waals surface area contributed by atoms with Crippen molar-refractivity contribution < 1.29 is 0 Å². The Morgan fingerprint density at radius 1 is 1.40 bits per heavy atom. The van der Waals surface area contributed by atoms with Crippen molar-refractivity contribution in [3.05, 3.63) is 12.7 Å². The van der Waals surface area contributed by atoms with Crippen LogP contribution in [-0.2, 0) is 0 Å². The van der Waals surface area contributed by atoms with Crippen molar-refractivity contribution in [3.8, 4) is 0 Å². The van der Waals surface area contributed by atoms with E-state index >= 15 is 0 Å². The van der Waals surface area contributed by atoms with Crippen molar-refractivity contribution in [1.29, 1.82) is 0 Å². The average molecular weight is 212 g/mol. The van der Waals surface area contributed by atoms with Crippen LogP contribution in [-0.4, -0.2) is 37.1 Å². The van der Waals surface area contributed by atoms with Crippen LogP contribution in [0.1, 0.15) is 40.0 Å². The number of allylic oxidation sites excluding steroid dienone is 1. The molecule has 1 unspecified atom stereocenters. The maximum Gasteiger partial charge on any atom is 0.0300 e. The fraction of sp³-hybridized carbons (Fsp3) is 0.846. The summed E-state index contributed by atoms with van der Waals surface area (Å²) in [5.41, 5.74) is 0.193. The standard InChI is InChI=1S/C13H28N2/c1-7-9-10-12(14-11-8-2)13(3,4)15(5)6/h7,12,14H,1,8-11H2,2-6H3. The molecule has 0 radical (unpaired) electrons. The largest absolute Gasteiger partial charge is 0.312 e. The maximum absolute atomic E-state index is 3.80. The van der Waals surface area contributed by atoms with Gasteiger partial charge in [-0.15, -0.1) is 6.58 Å². The van der Waals surface area contributed by atoms with Crippen LogP contribution in [0.4, 0.5) is 0 Å². The van der Waals surface area contributed by atoms with Crippen molar-refractivity contribution in [3.63, 3.8) is 0 Å². The molecule has 0 aromatic rings. The number of nitrogens with zero attached hydrogens (tertiary/aromatic N) is 1. The summed E-state index contributed by atoms with van der Waals surface area (Å²) >= 11 is 0. The van der Waals surface area contributed by atoms with Crippen LogP contribution in [0.5, 0.6) is 0 Å². The molecule has 0 aliphatic rings. The molecular formula is C13H28N2. The van der Waals surface area contributed by atoms with Crippen LogP contribution in [0.15, 0.2) is 12.7 Å². The molecule has 2 heteroatoms. The second-order valence-corrected chi connectivity index (χ2v) is 4.92. The molecule has 0 rings (SSSR count). The molecule has 0 bridgehead atoms. The maximum atomic E-state index is 3.80. The van der Waals surface area contributed by atoms with Gasteiger partial charge >= 0.3 is 0 Å². The summed E-state index contributed by atoms with van der Waals surface area (Å²) in [6.07, 6.45) is 5.44. The molecule has 15 heavy (non-hydrogen) atoms. The van der Waals surface area contributed by atoms with E-state index in [9.17, 15) is 0 Å². The first kappa shape index (κ1) is 14.7. The van der Waals surface area contributed by atoms with E-state index in [1.807, 2.05) is 6.08 Å². The molecule has 0 fully saturated rings. The molecule has 2 nitrogen and oxygen atoms in total. The van der Waals surface area contributed by atoms with E-state index in [1.165, 1.54) is 6.42 Å². The summed E-state index contributed by atoms with van der Waals surface area (Å²) in [5, 5.41) is 3.64. The predicted octanol–water partition coefficient (Wildman–Crippen LogP) is 2.66. The summed E-state index contributed by atoms with van der Waals surface area (Å²) in [4.78, 5) is 2.30. The van der Waals surface area contributed by atoms with Crippen LogP contribution in [0, 0.1) is 0 Å². The molecule has 0 saturated carbocycles. The molecule has 0 amide bonds. The summed E-state index contributed by atoms with van der Waals surface area (Å²) in [6.45, 7) is 11.7. The summed E-state index contributed by atoms with van der Waals surface area (Å²) < 4.78 is 0. The molecule has 90 valence electrons. The van der Waals surface area contributed by atoms with Gasteiger partial charge in [0.2, 0.25) is 0 Å². The van der Waals surface area contributed by atoms with Gasteiger partial charge in [-0.05, 0) is 53.8 Å². The number of hydrogen-bond acceptors (Lipinski definition) is 2. The Labute approximate surface area is 95.7 Å². The Balaban J connectivity index is 4.37. The van der Waals surface area contributed by atoms with E-state index in [4.69, 9.17) is 0 Å². The van der Waals surface area contributed by atoms with Crippen LogP contribution < -0.4 is 5.32 Å². The Kier molecular flexibility index (Phi) is 6.86. The molecule has 0 heterocycles. The lowest BCUT2D eigenvalue weighted by Crippen LogP contribution is -2.55. The Bertz CT molecular complexity index is 173. The van der Waals surface area contributed by atoms with Gasteiger partial charge in [-0.3, -0.25) is 0 Å². The van der Waals surface area contributed by atoms with Crippen LogP contribution in [0.3, 0.4) is 0 Å². The van der Waals surface area contributed by atoms with Gasteiger partial charge in [0.05, 0.1) is 0 Å². The van der Waals surface area contributed by atoms with E-state index in [0.717, 1.165) is 19.4 Å². The number of nitrogens with one attached hydrogen (secondary N) is 1. The third kappa shape index (κ3) is 4.80. The Morgan fingerprint density at radius 3 is 2.40 bits per heavy atom. The fourth-order valence-corrected chi connectivity index (χ4v) is 1.62.